The molecular formula is C28H29N5O3. The van der Waals surface area contributed by atoms with Gasteiger partial charge in [0.25, 0.3) is 5.91 Å². The fraction of sp³-hybridized carbons (Fsp3) is 0.250. The van der Waals surface area contributed by atoms with Gasteiger partial charge in [0, 0.05) is 50.4 Å². The zero-order valence-corrected chi connectivity index (χ0v) is 20.2. The van der Waals surface area contributed by atoms with Gasteiger partial charge in [0.1, 0.15) is 0 Å². The summed E-state index contributed by atoms with van der Waals surface area (Å²) in [6.45, 7) is 2.55. The average Bonchev–Trinajstić information content (AvgIpc) is 2.90. The highest BCUT2D eigenvalue weighted by Gasteiger charge is 2.22. The van der Waals surface area contributed by atoms with Crippen LogP contribution in [0.15, 0.2) is 66.7 Å². The summed E-state index contributed by atoms with van der Waals surface area (Å²) in [6.07, 6.45) is 1.60. The van der Waals surface area contributed by atoms with Crippen molar-refractivity contribution in [3.05, 3.63) is 89.0 Å². The Morgan fingerprint density at radius 1 is 1.00 bits per heavy atom. The lowest BCUT2D eigenvalue weighted by Gasteiger charge is -2.32. The van der Waals surface area contributed by atoms with E-state index in [0.29, 0.717) is 48.6 Å². The summed E-state index contributed by atoms with van der Waals surface area (Å²) in [5.41, 5.74) is 5.34. The van der Waals surface area contributed by atoms with Crippen molar-refractivity contribution in [2.24, 2.45) is 0 Å². The molecule has 0 atom stereocenters. The maximum Gasteiger partial charge on any atom is 0.323 e. The molecule has 8 nitrogen and oxygen atoms in total. The maximum atomic E-state index is 13.2. The molecule has 3 amide bonds. The van der Waals surface area contributed by atoms with E-state index in [0.717, 1.165) is 18.7 Å². The molecule has 0 aliphatic carbocycles. The van der Waals surface area contributed by atoms with Crippen LogP contribution in [0.2, 0.25) is 0 Å². The van der Waals surface area contributed by atoms with Crippen LogP contribution in [0.5, 0.6) is 0 Å². The van der Waals surface area contributed by atoms with Gasteiger partial charge in [0.2, 0.25) is 0 Å². The van der Waals surface area contributed by atoms with E-state index in [1.54, 1.807) is 43.5 Å². The van der Waals surface area contributed by atoms with Crippen LogP contribution in [-0.2, 0) is 17.7 Å². The topological polar surface area (TPSA) is 106 Å². The summed E-state index contributed by atoms with van der Waals surface area (Å²) in [4.78, 5) is 28.0. The van der Waals surface area contributed by atoms with Gasteiger partial charge in [-0.3, -0.25) is 4.79 Å². The Morgan fingerprint density at radius 3 is 2.56 bits per heavy atom. The second-order valence-electron chi connectivity index (χ2n) is 8.55. The largest absolute Gasteiger partial charge is 0.385 e. The minimum absolute atomic E-state index is 0.203. The molecule has 0 saturated heterocycles. The summed E-state index contributed by atoms with van der Waals surface area (Å²) in [5, 5.41) is 17.5. The zero-order valence-electron chi connectivity index (χ0n) is 20.2. The number of fused-ring (bicyclic) bond motifs is 1. The van der Waals surface area contributed by atoms with Gasteiger partial charge in [0.05, 0.1) is 17.2 Å². The summed E-state index contributed by atoms with van der Waals surface area (Å²) in [7, 11) is 1.63. The summed E-state index contributed by atoms with van der Waals surface area (Å²) in [6, 6.07) is 22.0. The minimum Gasteiger partial charge on any atom is -0.385 e. The Morgan fingerprint density at radius 2 is 1.78 bits per heavy atom. The molecule has 36 heavy (non-hydrogen) atoms. The third kappa shape index (κ3) is 6.20. The van der Waals surface area contributed by atoms with Gasteiger partial charge in [-0.2, -0.15) is 5.26 Å². The molecule has 3 aromatic rings. The van der Waals surface area contributed by atoms with Crippen molar-refractivity contribution in [1.82, 2.24) is 5.32 Å². The smallest absolute Gasteiger partial charge is 0.323 e. The number of rotatable bonds is 8. The molecule has 0 fully saturated rings. The molecule has 1 aliphatic heterocycles. The van der Waals surface area contributed by atoms with Crippen LogP contribution in [0.4, 0.5) is 21.9 Å². The predicted molar refractivity (Wildman–Crippen MR) is 140 cm³/mol. The fourth-order valence-electron chi connectivity index (χ4n) is 4.25. The number of urea groups is 1. The first-order valence-corrected chi connectivity index (χ1v) is 11.9. The van der Waals surface area contributed by atoms with Crippen molar-refractivity contribution in [2.75, 3.05) is 42.3 Å². The van der Waals surface area contributed by atoms with Crippen molar-refractivity contribution in [1.29, 1.82) is 5.26 Å². The normalized spacial score (nSPS) is 12.3. The average molecular weight is 484 g/mol. The Bertz CT molecular complexity index is 1280. The SMILES string of the molecule is COCCCNC(=O)c1cc(NC(=O)Nc2cccc(C#N)c2)ccc1N1CCc2ccccc2C1. The third-order valence-electron chi connectivity index (χ3n) is 6.03. The Labute approximate surface area is 210 Å². The van der Waals surface area contributed by atoms with E-state index in [-0.39, 0.29) is 5.91 Å². The van der Waals surface area contributed by atoms with E-state index in [1.165, 1.54) is 11.1 Å². The van der Waals surface area contributed by atoms with E-state index in [9.17, 15) is 9.59 Å². The van der Waals surface area contributed by atoms with E-state index in [1.807, 2.05) is 18.2 Å². The van der Waals surface area contributed by atoms with E-state index >= 15 is 0 Å². The molecule has 0 unspecified atom stereocenters. The molecule has 0 aromatic heterocycles. The van der Waals surface area contributed by atoms with Gasteiger partial charge >= 0.3 is 6.03 Å². The predicted octanol–water partition coefficient (Wildman–Crippen LogP) is 4.53. The summed E-state index contributed by atoms with van der Waals surface area (Å²) in [5.74, 6) is -0.203. The van der Waals surface area contributed by atoms with Gasteiger partial charge in [-0.05, 0) is 60.4 Å². The first-order valence-electron chi connectivity index (χ1n) is 11.9. The maximum absolute atomic E-state index is 13.2. The number of benzene rings is 3. The number of carbonyl (C=O) groups excluding carboxylic acids is 2. The van der Waals surface area contributed by atoms with Crippen LogP contribution in [0.3, 0.4) is 0 Å². The van der Waals surface area contributed by atoms with Crippen LogP contribution in [0, 0.1) is 11.3 Å². The van der Waals surface area contributed by atoms with Gasteiger partial charge in [0.15, 0.2) is 0 Å². The second kappa shape index (κ2) is 11.9. The first-order chi connectivity index (χ1) is 17.6. The molecule has 1 aliphatic rings. The molecule has 0 radical (unpaired) electrons. The van der Waals surface area contributed by atoms with Crippen LogP contribution in [0.25, 0.3) is 0 Å². The highest BCUT2D eigenvalue weighted by Crippen LogP contribution is 2.29. The van der Waals surface area contributed by atoms with Gasteiger partial charge in [-0.1, -0.05) is 30.3 Å². The van der Waals surface area contributed by atoms with Crippen LogP contribution in [-0.4, -0.2) is 38.7 Å². The number of nitriles is 1. The van der Waals surface area contributed by atoms with Crippen LogP contribution >= 0.6 is 0 Å². The van der Waals surface area contributed by atoms with Crippen molar-refractivity contribution in [3.63, 3.8) is 0 Å². The second-order valence-corrected chi connectivity index (χ2v) is 8.55. The standard InChI is InChI=1S/C28H29N5O3/c1-36-15-5-13-30-27(34)25-17-24(32-28(35)31-23-9-4-6-20(16-23)18-29)10-11-26(25)33-14-12-21-7-2-3-8-22(21)19-33/h2-4,6-11,16-17H,5,12-15,19H2,1H3,(H,30,34)(H2,31,32,35). The van der Waals surface area contributed by atoms with Gasteiger partial charge in [-0.15, -0.1) is 0 Å². The van der Waals surface area contributed by atoms with Crippen LogP contribution in [0.1, 0.15) is 33.5 Å². The number of anilines is 3. The zero-order chi connectivity index (χ0) is 25.3. The fourth-order valence-corrected chi connectivity index (χ4v) is 4.25. The van der Waals surface area contributed by atoms with Crippen molar-refractivity contribution in [2.45, 2.75) is 19.4 Å². The molecule has 4 rings (SSSR count). The molecule has 3 N–H and O–H groups in total. The monoisotopic (exact) mass is 483 g/mol. The minimum atomic E-state index is -0.462. The van der Waals surface area contributed by atoms with Crippen molar-refractivity contribution < 1.29 is 14.3 Å². The number of amides is 3. The Balaban J connectivity index is 1.54. The number of hydrogen-bond donors (Lipinski definition) is 3. The lowest BCUT2D eigenvalue weighted by Crippen LogP contribution is -2.33. The Kier molecular flexibility index (Phi) is 8.16. The lowest BCUT2D eigenvalue weighted by atomic mass is 9.98. The van der Waals surface area contributed by atoms with E-state index in [2.05, 4.69) is 39.0 Å². The van der Waals surface area contributed by atoms with E-state index < -0.39 is 6.03 Å². The number of hydrogen-bond acceptors (Lipinski definition) is 5. The highest BCUT2D eigenvalue weighted by atomic mass is 16.5. The van der Waals surface area contributed by atoms with Gasteiger partial charge < -0.3 is 25.6 Å². The van der Waals surface area contributed by atoms with Crippen molar-refractivity contribution in [3.8, 4) is 6.07 Å². The third-order valence-corrected chi connectivity index (χ3v) is 6.03. The summed E-state index contributed by atoms with van der Waals surface area (Å²) >= 11 is 0. The quantitative estimate of drug-likeness (QED) is 0.408. The van der Waals surface area contributed by atoms with Crippen LogP contribution < -0.4 is 20.9 Å². The number of methoxy groups -OCH3 is 1. The van der Waals surface area contributed by atoms with Crippen molar-refractivity contribution >= 4 is 29.0 Å². The Hall–Kier alpha value is -4.35. The molecule has 184 valence electrons. The number of nitrogens with zero attached hydrogens (tertiary/aromatic N) is 2. The number of ether oxygens (including phenoxy) is 1. The molecule has 0 saturated carbocycles. The van der Waals surface area contributed by atoms with Gasteiger partial charge in [-0.25, -0.2) is 4.79 Å². The van der Waals surface area contributed by atoms with E-state index in [4.69, 9.17) is 10.00 Å². The lowest BCUT2D eigenvalue weighted by molar-refractivity contribution is 0.0949. The first kappa shape index (κ1) is 24.8. The number of nitrogens with one attached hydrogen (secondary N) is 3. The highest BCUT2D eigenvalue weighted by molar-refractivity contribution is 6.04. The molecule has 3 aromatic carbocycles. The molecule has 0 spiro atoms. The molecular weight excluding hydrogens is 454 g/mol. The summed E-state index contributed by atoms with van der Waals surface area (Å²) < 4.78 is 5.08. The molecule has 8 heteroatoms. The molecule has 1 heterocycles. The number of carbonyl (C=O) groups is 2. The molecule has 0 bridgehead atoms.